The fraction of sp³-hybridized carbons (Fsp3) is 0.500. The Bertz CT molecular complexity index is 606. The van der Waals surface area contributed by atoms with Gasteiger partial charge in [0.05, 0.1) is 6.04 Å². The van der Waals surface area contributed by atoms with Gasteiger partial charge in [0, 0.05) is 5.69 Å². The lowest BCUT2D eigenvalue weighted by atomic mass is 10.1. The van der Waals surface area contributed by atoms with E-state index in [1.165, 1.54) is 11.8 Å². The van der Waals surface area contributed by atoms with Crippen molar-refractivity contribution >= 4 is 23.5 Å². The van der Waals surface area contributed by atoms with Crippen molar-refractivity contribution in [2.24, 2.45) is 11.5 Å². The van der Waals surface area contributed by atoms with Crippen molar-refractivity contribution in [1.82, 2.24) is 5.32 Å². The van der Waals surface area contributed by atoms with Gasteiger partial charge in [0.1, 0.15) is 12.1 Å². The third-order valence-electron chi connectivity index (χ3n) is 3.99. The number of aliphatic carboxylic acids is 1. The number of unbranched alkanes of at least 4 members (excludes halogenated alkanes) is 1. The van der Waals surface area contributed by atoms with Crippen LogP contribution in [-0.4, -0.2) is 47.6 Å². The second-order valence-electron chi connectivity index (χ2n) is 6.19. The fourth-order valence-electron chi connectivity index (χ4n) is 2.51. The van der Waals surface area contributed by atoms with Gasteiger partial charge in [-0.1, -0.05) is 18.2 Å². The molecule has 8 heteroatoms. The first kappa shape index (κ1) is 21.6. The highest BCUT2D eigenvalue weighted by Crippen LogP contribution is 2.18. The Balaban J connectivity index is 2.95. The molecular formula is C18H28N4O4. The quantitative estimate of drug-likeness (QED) is 0.445. The van der Waals surface area contributed by atoms with Crippen LogP contribution in [0.4, 0.5) is 5.69 Å². The summed E-state index contributed by atoms with van der Waals surface area (Å²) in [7, 11) is 0. The van der Waals surface area contributed by atoms with Crippen molar-refractivity contribution in [2.75, 3.05) is 11.4 Å². The number of anilines is 1. The molecule has 2 unspecified atom stereocenters. The van der Waals surface area contributed by atoms with Crippen LogP contribution in [0.1, 0.15) is 33.1 Å². The van der Waals surface area contributed by atoms with Gasteiger partial charge in [0.25, 0.3) is 0 Å². The number of carbonyl (C=O) groups excluding carboxylic acids is 2. The number of nitrogens with two attached hydrogens (primary N) is 2. The molecule has 0 spiro atoms. The molecule has 1 aromatic carbocycles. The molecular weight excluding hydrogens is 336 g/mol. The standard InChI is InChI=1S/C18H28N4O4/c1-12(20)17(24)22(14-8-4-3-5-9-14)13(2)16(23)21-15(18(25)26)10-6-7-11-19/h3-5,8-9,12-13,15H,6-7,10-11,19-20H2,1-2H3,(H,21,23)(H,25,26)/t12?,13?,15-/m1/s1. The molecule has 0 heterocycles. The molecule has 1 rings (SSSR count). The summed E-state index contributed by atoms with van der Waals surface area (Å²) in [6, 6.07) is 5.93. The Morgan fingerprint density at radius 3 is 2.27 bits per heavy atom. The predicted octanol–water partition coefficient (Wildman–Crippen LogP) is 0.454. The van der Waals surface area contributed by atoms with Crippen LogP contribution in [0.15, 0.2) is 30.3 Å². The summed E-state index contributed by atoms with van der Waals surface area (Å²) in [6.07, 6.45) is 1.54. The maximum Gasteiger partial charge on any atom is 0.326 e. The van der Waals surface area contributed by atoms with Crippen molar-refractivity contribution in [3.63, 3.8) is 0 Å². The smallest absolute Gasteiger partial charge is 0.326 e. The number of carboxylic acids is 1. The van der Waals surface area contributed by atoms with Crippen LogP contribution >= 0.6 is 0 Å². The summed E-state index contributed by atoms with van der Waals surface area (Å²) in [5.41, 5.74) is 11.6. The zero-order valence-corrected chi connectivity index (χ0v) is 15.2. The van der Waals surface area contributed by atoms with Crippen LogP contribution in [0.3, 0.4) is 0 Å². The Hall–Kier alpha value is -2.45. The van der Waals surface area contributed by atoms with Gasteiger partial charge < -0.3 is 21.9 Å². The van der Waals surface area contributed by atoms with E-state index in [4.69, 9.17) is 11.5 Å². The first-order valence-electron chi connectivity index (χ1n) is 8.66. The number of amides is 2. The molecule has 0 aromatic heterocycles. The molecule has 0 fully saturated rings. The summed E-state index contributed by atoms with van der Waals surface area (Å²) in [5, 5.41) is 11.8. The molecule has 26 heavy (non-hydrogen) atoms. The summed E-state index contributed by atoms with van der Waals surface area (Å²) in [4.78, 5) is 37.8. The lowest BCUT2D eigenvalue weighted by Gasteiger charge is -2.30. The third-order valence-corrected chi connectivity index (χ3v) is 3.99. The van der Waals surface area contributed by atoms with Gasteiger partial charge in [-0.2, -0.15) is 0 Å². The maximum atomic E-state index is 12.6. The second-order valence-corrected chi connectivity index (χ2v) is 6.19. The summed E-state index contributed by atoms with van der Waals surface area (Å²) >= 11 is 0. The van der Waals surface area contributed by atoms with E-state index in [1.54, 1.807) is 37.3 Å². The number of benzene rings is 1. The molecule has 0 aliphatic heterocycles. The average molecular weight is 364 g/mol. The highest BCUT2D eigenvalue weighted by Gasteiger charge is 2.31. The van der Waals surface area contributed by atoms with Crippen LogP contribution < -0.4 is 21.7 Å². The number of carboxylic acid groups (broad SMARTS) is 1. The monoisotopic (exact) mass is 364 g/mol. The minimum atomic E-state index is -1.12. The molecule has 0 saturated heterocycles. The van der Waals surface area contributed by atoms with Gasteiger partial charge in [-0.15, -0.1) is 0 Å². The van der Waals surface area contributed by atoms with Crippen molar-refractivity contribution < 1.29 is 19.5 Å². The largest absolute Gasteiger partial charge is 0.480 e. The minimum Gasteiger partial charge on any atom is -0.480 e. The van der Waals surface area contributed by atoms with Crippen LogP contribution in [-0.2, 0) is 14.4 Å². The molecule has 0 radical (unpaired) electrons. The fourth-order valence-corrected chi connectivity index (χ4v) is 2.51. The molecule has 2 amide bonds. The second kappa shape index (κ2) is 10.5. The Labute approximate surface area is 153 Å². The van der Waals surface area contributed by atoms with Gasteiger partial charge in [0.15, 0.2) is 0 Å². The lowest BCUT2D eigenvalue weighted by molar-refractivity contribution is -0.142. The lowest BCUT2D eigenvalue weighted by Crippen LogP contribution is -2.55. The van der Waals surface area contributed by atoms with E-state index in [1.807, 2.05) is 0 Å². The molecule has 144 valence electrons. The Morgan fingerprint density at radius 2 is 1.77 bits per heavy atom. The van der Waals surface area contributed by atoms with Crippen molar-refractivity contribution in [3.8, 4) is 0 Å². The van der Waals surface area contributed by atoms with E-state index >= 15 is 0 Å². The first-order chi connectivity index (χ1) is 12.3. The van der Waals surface area contributed by atoms with Gasteiger partial charge in [0.2, 0.25) is 11.8 Å². The summed E-state index contributed by atoms with van der Waals surface area (Å²) in [5.74, 6) is -2.09. The van der Waals surface area contributed by atoms with Crippen LogP contribution in [0.2, 0.25) is 0 Å². The van der Waals surface area contributed by atoms with Crippen LogP contribution in [0.5, 0.6) is 0 Å². The van der Waals surface area contributed by atoms with Gasteiger partial charge in [-0.25, -0.2) is 4.79 Å². The number of rotatable bonds is 10. The highest BCUT2D eigenvalue weighted by atomic mass is 16.4. The third kappa shape index (κ3) is 6.12. The highest BCUT2D eigenvalue weighted by molar-refractivity contribution is 6.03. The molecule has 0 bridgehead atoms. The Morgan fingerprint density at radius 1 is 1.15 bits per heavy atom. The first-order valence-corrected chi connectivity index (χ1v) is 8.66. The molecule has 3 atom stereocenters. The van der Waals surface area contributed by atoms with Gasteiger partial charge in [-0.3, -0.25) is 14.5 Å². The van der Waals surface area contributed by atoms with Gasteiger partial charge >= 0.3 is 5.97 Å². The number of hydrogen-bond acceptors (Lipinski definition) is 5. The normalized spacial score (nSPS) is 14.2. The number of nitrogens with one attached hydrogen (secondary N) is 1. The molecule has 0 aliphatic rings. The van der Waals surface area contributed by atoms with E-state index in [0.717, 1.165) is 0 Å². The average Bonchev–Trinajstić information content (AvgIpc) is 2.61. The zero-order chi connectivity index (χ0) is 19.7. The van der Waals surface area contributed by atoms with Crippen molar-refractivity contribution in [1.29, 1.82) is 0 Å². The summed E-state index contributed by atoms with van der Waals surface area (Å²) < 4.78 is 0. The number of hydrogen-bond donors (Lipinski definition) is 4. The van der Waals surface area contributed by atoms with Crippen molar-refractivity contribution in [3.05, 3.63) is 30.3 Å². The number of para-hydroxylation sites is 1. The van der Waals surface area contributed by atoms with Gasteiger partial charge in [-0.05, 0) is 51.8 Å². The summed E-state index contributed by atoms with van der Waals surface area (Å²) in [6.45, 7) is 3.54. The number of nitrogens with zero attached hydrogens (tertiary/aromatic N) is 1. The van der Waals surface area contributed by atoms with E-state index in [-0.39, 0.29) is 6.42 Å². The molecule has 0 aliphatic carbocycles. The minimum absolute atomic E-state index is 0.275. The van der Waals surface area contributed by atoms with E-state index in [9.17, 15) is 19.5 Å². The Kier molecular flexibility index (Phi) is 8.74. The van der Waals surface area contributed by atoms with Crippen molar-refractivity contribution in [2.45, 2.75) is 51.2 Å². The number of carbonyl (C=O) groups is 3. The van der Waals surface area contributed by atoms with Crippen LogP contribution in [0.25, 0.3) is 0 Å². The topological polar surface area (TPSA) is 139 Å². The van der Waals surface area contributed by atoms with E-state index in [0.29, 0.717) is 25.1 Å². The molecule has 8 nitrogen and oxygen atoms in total. The maximum absolute atomic E-state index is 12.6. The SMILES string of the molecule is CC(N)C(=O)N(c1ccccc1)C(C)C(=O)N[C@H](CCCCN)C(=O)O. The molecule has 1 aromatic rings. The van der Waals surface area contributed by atoms with Crippen LogP contribution in [0, 0.1) is 0 Å². The van der Waals surface area contributed by atoms with E-state index in [2.05, 4.69) is 5.32 Å². The van der Waals surface area contributed by atoms with E-state index < -0.39 is 35.9 Å². The molecule has 0 saturated carbocycles. The molecule has 6 N–H and O–H groups in total. The predicted molar refractivity (Wildman–Crippen MR) is 99.5 cm³/mol. The zero-order valence-electron chi connectivity index (χ0n) is 15.2.